The molecule has 1 heterocycles. The fourth-order valence-corrected chi connectivity index (χ4v) is 5.81. The third-order valence-electron chi connectivity index (χ3n) is 6.44. The number of sulfone groups is 1. The van der Waals surface area contributed by atoms with Gasteiger partial charge in [0.25, 0.3) is 11.8 Å². The van der Waals surface area contributed by atoms with Gasteiger partial charge in [-0.2, -0.15) is 22.0 Å². The largest absolute Gasteiger partial charge is 0.468 e. The summed E-state index contributed by atoms with van der Waals surface area (Å²) in [5.41, 5.74) is -0.321. The van der Waals surface area contributed by atoms with E-state index in [1.807, 2.05) is 0 Å². The van der Waals surface area contributed by atoms with E-state index >= 15 is 0 Å². The number of ether oxygens (including phenoxy) is 1. The Morgan fingerprint density at radius 1 is 1.14 bits per heavy atom. The zero-order valence-electron chi connectivity index (χ0n) is 20.4. The van der Waals surface area contributed by atoms with Crippen molar-refractivity contribution in [3.63, 3.8) is 0 Å². The summed E-state index contributed by atoms with van der Waals surface area (Å²) in [4.78, 5) is 16.0. The van der Waals surface area contributed by atoms with Gasteiger partial charge in [0.1, 0.15) is 0 Å². The summed E-state index contributed by atoms with van der Waals surface area (Å²) >= 11 is 0. The maximum absolute atomic E-state index is 14.3. The molecule has 1 saturated carbocycles. The van der Waals surface area contributed by atoms with Gasteiger partial charge in [-0.05, 0) is 63.8 Å². The van der Waals surface area contributed by atoms with Crippen LogP contribution in [0.2, 0.25) is 0 Å². The van der Waals surface area contributed by atoms with E-state index in [1.54, 1.807) is 0 Å². The topological polar surface area (TPSA) is 85.4 Å². The molecule has 0 bridgehead atoms. The second-order valence-electron chi connectivity index (χ2n) is 9.39. The van der Waals surface area contributed by atoms with E-state index in [9.17, 15) is 35.2 Å². The number of allylic oxidation sites excluding steroid dienone is 2. The molecule has 1 aliphatic rings. The predicted molar refractivity (Wildman–Crippen MR) is 126 cm³/mol. The molecule has 0 aliphatic heterocycles. The molecule has 2 aromatic rings. The van der Waals surface area contributed by atoms with Crippen molar-refractivity contribution in [1.82, 2.24) is 10.3 Å². The van der Waals surface area contributed by atoms with E-state index in [4.69, 9.17) is 0 Å². The molecule has 202 valence electrons. The summed E-state index contributed by atoms with van der Waals surface area (Å²) in [5, 5.41) is 2.74. The van der Waals surface area contributed by atoms with Crippen molar-refractivity contribution in [3.8, 4) is 5.88 Å². The number of pyridine rings is 1. The molecule has 1 N–H and O–H groups in total. The van der Waals surface area contributed by atoms with E-state index in [-0.39, 0.29) is 28.3 Å². The number of carbonyl (C=O) groups excluding carboxylic acids is 1. The number of nitrogens with zero attached hydrogens (tertiary/aromatic N) is 1. The highest BCUT2D eigenvalue weighted by molar-refractivity contribution is 7.92. The molecule has 0 saturated heterocycles. The van der Waals surface area contributed by atoms with E-state index in [0.717, 1.165) is 18.3 Å². The number of nitrogens with one attached hydrogen (secondary N) is 1. The number of carbonyl (C=O) groups is 1. The first-order valence-electron chi connectivity index (χ1n) is 11.4. The lowest BCUT2D eigenvalue weighted by atomic mass is 9.73. The zero-order valence-corrected chi connectivity index (χ0v) is 21.2. The summed E-state index contributed by atoms with van der Waals surface area (Å²) in [6.45, 7) is 3.01. The van der Waals surface area contributed by atoms with Crippen LogP contribution in [-0.2, 0) is 15.8 Å². The first-order chi connectivity index (χ1) is 17.1. The minimum atomic E-state index is -4.51. The first kappa shape index (κ1) is 28.5. The van der Waals surface area contributed by atoms with Gasteiger partial charge in [0, 0.05) is 23.9 Å². The van der Waals surface area contributed by atoms with Crippen LogP contribution in [0.1, 0.15) is 49.5 Å². The Morgan fingerprint density at radius 2 is 1.81 bits per heavy atom. The van der Waals surface area contributed by atoms with Gasteiger partial charge in [-0.15, -0.1) is 0 Å². The van der Waals surface area contributed by atoms with Crippen LogP contribution in [0.3, 0.4) is 0 Å². The minimum Gasteiger partial charge on any atom is -0.468 e. The van der Waals surface area contributed by atoms with E-state index < -0.39 is 44.8 Å². The molecule has 0 spiro atoms. The molecule has 1 aliphatic carbocycles. The molecule has 0 radical (unpaired) electrons. The minimum absolute atomic E-state index is 0.105. The third kappa shape index (κ3) is 6.46. The number of alkyl halides is 5. The highest BCUT2D eigenvalue weighted by Gasteiger charge is 2.49. The van der Waals surface area contributed by atoms with Crippen LogP contribution < -0.4 is 10.1 Å². The van der Waals surface area contributed by atoms with Crippen LogP contribution in [0.4, 0.5) is 22.0 Å². The standard InChI is InChI=1S/C25H27F5N2O4S/c1-4-10-24(26,27)17-6-5-7-20(13-17)37(34,35)23(2,3)18-11-19(12-18)32-22(33)16-8-9-21(31-14-16)36-15-25(28,29)30/h4-10,13-14,18-19H,11-12,15H2,1-3H3,(H,32,33). The Hall–Kier alpha value is -3.02. The first-order valence-corrected chi connectivity index (χ1v) is 12.9. The van der Waals surface area contributed by atoms with Gasteiger partial charge in [0.15, 0.2) is 16.4 Å². The van der Waals surface area contributed by atoms with Gasteiger partial charge in [-0.1, -0.05) is 18.2 Å². The normalized spacial score (nSPS) is 18.9. The van der Waals surface area contributed by atoms with Crippen molar-refractivity contribution in [2.75, 3.05) is 6.61 Å². The molecule has 1 amide bonds. The lowest BCUT2D eigenvalue weighted by Crippen LogP contribution is -2.53. The number of hydrogen-bond donors (Lipinski definition) is 1. The van der Waals surface area contributed by atoms with Gasteiger partial charge >= 0.3 is 6.18 Å². The predicted octanol–water partition coefficient (Wildman–Crippen LogP) is 5.45. The van der Waals surface area contributed by atoms with Crippen LogP contribution in [0.25, 0.3) is 0 Å². The van der Waals surface area contributed by atoms with Gasteiger partial charge < -0.3 is 10.1 Å². The van der Waals surface area contributed by atoms with Crippen molar-refractivity contribution >= 4 is 15.7 Å². The fraction of sp³-hybridized carbons (Fsp3) is 0.440. The molecule has 0 unspecified atom stereocenters. The highest BCUT2D eigenvalue weighted by Crippen LogP contribution is 2.44. The average Bonchev–Trinajstić information content (AvgIpc) is 2.79. The summed E-state index contributed by atoms with van der Waals surface area (Å²) in [6.07, 6.45) is -0.858. The number of aromatic nitrogens is 1. The molecular weight excluding hydrogens is 519 g/mol. The number of rotatable bonds is 9. The Balaban J connectivity index is 1.63. The molecule has 37 heavy (non-hydrogen) atoms. The number of hydrogen-bond acceptors (Lipinski definition) is 5. The molecule has 6 nitrogen and oxygen atoms in total. The third-order valence-corrected chi connectivity index (χ3v) is 9.03. The number of benzene rings is 1. The van der Waals surface area contributed by atoms with Crippen molar-refractivity contribution in [2.24, 2.45) is 5.92 Å². The quantitative estimate of drug-likeness (QED) is 0.334. The molecule has 12 heteroatoms. The zero-order chi connectivity index (χ0) is 27.6. The molecule has 0 atom stereocenters. The lowest BCUT2D eigenvalue weighted by Gasteiger charge is -2.45. The summed E-state index contributed by atoms with van der Waals surface area (Å²) < 4.78 is 95.3. The molecule has 3 rings (SSSR count). The van der Waals surface area contributed by atoms with E-state index in [2.05, 4.69) is 15.0 Å². The monoisotopic (exact) mass is 546 g/mol. The van der Waals surface area contributed by atoms with Crippen molar-refractivity contribution in [2.45, 2.75) is 61.4 Å². The van der Waals surface area contributed by atoms with Gasteiger partial charge in [-0.3, -0.25) is 4.79 Å². The van der Waals surface area contributed by atoms with Gasteiger partial charge in [0.2, 0.25) is 5.88 Å². The second-order valence-corrected chi connectivity index (χ2v) is 11.9. The number of amides is 1. The van der Waals surface area contributed by atoms with Crippen LogP contribution in [0.5, 0.6) is 5.88 Å². The molecule has 1 fully saturated rings. The van der Waals surface area contributed by atoms with Gasteiger partial charge in [0.05, 0.1) is 15.2 Å². The average molecular weight is 547 g/mol. The Bertz CT molecular complexity index is 1250. The maximum Gasteiger partial charge on any atom is 0.422 e. The van der Waals surface area contributed by atoms with Crippen molar-refractivity contribution < 1.29 is 39.9 Å². The van der Waals surface area contributed by atoms with Crippen LogP contribution in [0, 0.1) is 5.92 Å². The molecule has 1 aromatic heterocycles. The Kier molecular flexibility index (Phi) is 8.02. The van der Waals surface area contributed by atoms with Crippen molar-refractivity contribution in [3.05, 3.63) is 65.9 Å². The van der Waals surface area contributed by atoms with Gasteiger partial charge in [-0.25, -0.2) is 13.4 Å². The highest BCUT2D eigenvalue weighted by atomic mass is 32.2. The summed E-state index contributed by atoms with van der Waals surface area (Å²) in [6, 6.07) is 6.82. The number of halogens is 5. The molecular formula is C25H27F5N2O4S. The summed E-state index contributed by atoms with van der Waals surface area (Å²) in [7, 11) is -4.00. The fourth-order valence-electron chi connectivity index (χ4n) is 4.03. The SMILES string of the molecule is CC=CC(F)(F)c1cccc(S(=O)(=O)C(C)(C)C2CC(NC(=O)c3ccc(OCC(F)(F)F)nc3)C2)c1. The van der Waals surface area contributed by atoms with E-state index in [1.165, 1.54) is 51.1 Å². The second kappa shape index (κ2) is 10.4. The Labute approximate surface area is 211 Å². The van der Waals surface area contributed by atoms with Crippen LogP contribution in [-0.4, -0.2) is 42.9 Å². The maximum atomic E-state index is 14.3. The molecule has 1 aromatic carbocycles. The van der Waals surface area contributed by atoms with Crippen molar-refractivity contribution in [1.29, 1.82) is 0 Å². The lowest BCUT2D eigenvalue weighted by molar-refractivity contribution is -0.154. The van der Waals surface area contributed by atoms with Crippen LogP contribution in [0.15, 0.2) is 59.6 Å². The van der Waals surface area contributed by atoms with E-state index in [0.29, 0.717) is 18.9 Å². The van der Waals surface area contributed by atoms with Crippen LogP contribution >= 0.6 is 0 Å². The Morgan fingerprint density at radius 3 is 2.38 bits per heavy atom. The summed E-state index contributed by atoms with van der Waals surface area (Å²) in [5.74, 6) is -4.46. The smallest absolute Gasteiger partial charge is 0.422 e.